The van der Waals surface area contributed by atoms with Gasteiger partial charge in [0, 0.05) is 19.2 Å². The molecule has 21 heavy (non-hydrogen) atoms. The van der Waals surface area contributed by atoms with Crippen LogP contribution in [-0.4, -0.2) is 46.3 Å². The highest BCUT2D eigenvalue weighted by Crippen LogP contribution is 2.26. The van der Waals surface area contributed by atoms with Crippen LogP contribution in [0.25, 0.3) is 0 Å². The van der Waals surface area contributed by atoms with Gasteiger partial charge in [-0.15, -0.1) is 4.83 Å². The molecule has 9 heteroatoms. The number of morpholine rings is 1. The molecular formula is C12H20BrN3O4S. The molecule has 2 rings (SSSR count). The zero-order valence-corrected chi connectivity index (χ0v) is 14.3. The Morgan fingerprint density at radius 2 is 2.10 bits per heavy atom. The van der Waals surface area contributed by atoms with Gasteiger partial charge in [0.25, 0.3) is 10.0 Å². The van der Waals surface area contributed by atoms with Crippen molar-refractivity contribution in [1.29, 1.82) is 0 Å². The van der Waals surface area contributed by atoms with E-state index < -0.39 is 10.0 Å². The summed E-state index contributed by atoms with van der Waals surface area (Å²) < 4.78 is 35.6. The van der Waals surface area contributed by atoms with Gasteiger partial charge >= 0.3 is 0 Å². The van der Waals surface area contributed by atoms with Crippen LogP contribution in [0, 0.1) is 0 Å². The van der Waals surface area contributed by atoms with Crippen LogP contribution in [0.3, 0.4) is 0 Å². The average molecular weight is 382 g/mol. The van der Waals surface area contributed by atoms with E-state index in [2.05, 4.69) is 33.0 Å². The third-order valence-electron chi connectivity index (χ3n) is 2.98. The second kappa shape index (κ2) is 7.70. The second-order valence-electron chi connectivity index (χ2n) is 4.72. The summed E-state index contributed by atoms with van der Waals surface area (Å²) in [6.07, 6.45) is 1.01. The predicted molar refractivity (Wildman–Crippen MR) is 81.1 cm³/mol. The Morgan fingerprint density at radius 1 is 1.38 bits per heavy atom. The van der Waals surface area contributed by atoms with E-state index in [0.29, 0.717) is 38.6 Å². The minimum Gasteiger partial charge on any atom is -0.452 e. The van der Waals surface area contributed by atoms with Crippen molar-refractivity contribution in [2.75, 3.05) is 32.8 Å². The Labute approximate surface area is 133 Å². The summed E-state index contributed by atoms with van der Waals surface area (Å²) in [7, 11) is -3.65. The van der Waals surface area contributed by atoms with Crippen LogP contribution in [0.15, 0.2) is 20.0 Å². The molecule has 1 aliphatic heterocycles. The largest absolute Gasteiger partial charge is 0.452 e. The SMILES string of the molecule is CCCNCc1cc(S(=O)(=O)NN2CCOCC2)c(Br)o1. The fourth-order valence-corrected chi connectivity index (χ4v) is 4.05. The Hall–Kier alpha value is -0.450. The number of hydrazine groups is 1. The van der Waals surface area contributed by atoms with Crippen molar-refractivity contribution in [3.8, 4) is 0 Å². The highest BCUT2D eigenvalue weighted by Gasteiger charge is 2.25. The summed E-state index contributed by atoms with van der Waals surface area (Å²) in [5.41, 5.74) is 0. The molecule has 1 aromatic rings. The van der Waals surface area contributed by atoms with Gasteiger partial charge in [-0.1, -0.05) is 6.92 Å². The first kappa shape index (κ1) is 16.9. The van der Waals surface area contributed by atoms with Crippen LogP contribution in [0.2, 0.25) is 0 Å². The summed E-state index contributed by atoms with van der Waals surface area (Å²) in [4.78, 5) is 2.66. The van der Waals surface area contributed by atoms with E-state index in [0.717, 1.165) is 13.0 Å². The molecule has 120 valence electrons. The fraction of sp³-hybridized carbons (Fsp3) is 0.667. The number of halogens is 1. The summed E-state index contributed by atoms with van der Waals surface area (Å²) in [6.45, 7) is 5.50. The van der Waals surface area contributed by atoms with E-state index in [1.54, 1.807) is 5.01 Å². The number of hydrogen-bond donors (Lipinski definition) is 2. The maximum Gasteiger partial charge on any atom is 0.257 e. The second-order valence-corrected chi connectivity index (χ2v) is 7.07. The van der Waals surface area contributed by atoms with E-state index in [1.165, 1.54) is 6.07 Å². The number of hydrogen-bond acceptors (Lipinski definition) is 6. The summed E-state index contributed by atoms with van der Waals surface area (Å²) in [6, 6.07) is 1.54. The predicted octanol–water partition coefficient (Wildman–Crippen LogP) is 1.07. The number of nitrogens with zero attached hydrogens (tertiary/aromatic N) is 1. The molecule has 2 heterocycles. The van der Waals surface area contributed by atoms with Gasteiger partial charge in [-0.05, 0) is 28.9 Å². The molecule has 1 fully saturated rings. The Morgan fingerprint density at radius 3 is 2.76 bits per heavy atom. The van der Waals surface area contributed by atoms with Gasteiger partial charge in [-0.3, -0.25) is 0 Å². The first-order valence-electron chi connectivity index (χ1n) is 6.87. The summed E-state index contributed by atoms with van der Waals surface area (Å²) in [5, 5.41) is 4.80. The molecule has 1 aromatic heterocycles. The van der Waals surface area contributed by atoms with Gasteiger partial charge in [0.2, 0.25) is 0 Å². The highest BCUT2D eigenvalue weighted by atomic mass is 79.9. The zero-order chi connectivity index (χ0) is 15.3. The smallest absolute Gasteiger partial charge is 0.257 e. The van der Waals surface area contributed by atoms with Crippen molar-refractivity contribution in [3.05, 3.63) is 16.5 Å². The molecule has 7 nitrogen and oxygen atoms in total. The zero-order valence-electron chi connectivity index (χ0n) is 11.9. The van der Waals surface area contributed by atoms with E-state index in [9.17, 15) is 8.42 Å². The first-order chi connectivity index (χ1) is 10.0. The standard InChI is InChI=1S/C12H20BrN3O4S/c1-2-3-14-9-10-8-11(12(13)20-10)21(17,18)15-16-4-6-19-7-5-16/h8,14-15H,2-7,9H2,1H3. The molecule has 0 bridgehead atoms. The van der Waals surface area contributed by atoms with Crippen LogP contribution >= 0.6 is 15.9 Å². The summed E-state index contributed by atoms with van der Waals surface area (Å²) >= 11 is 3.17. The number of ether oxygens (including phenoxy) is 1. The normalized spacial score (nSPS) is 17.2. The molecule has 0 aliphatic carbocycles. The van der Waals surface area contributed by atoms with Gasteiger partial charge in [-0.25, -0.2) is 13.4 Å². The van der Waals surface area contributed by atoms with Gasteiger partial charge in [0.05, 0.1) is 19.8 Å². The quantitative estimate of drug-likeness (QED) is 0.687. The lowest BCUT2D eigenvalue weighted by Crippen LogP contribution is -2.48. The van der Waals surface area contributed by atoms with Crippen LogP contribution in [-0.2, 0) is 21.3 Å². The van der Waals surface area contributed by atoms with Crippen molar-refractivity contribution >= 4 is 26.0 Å². The lowest BCUT2D eigenvalue weighted by Gasteiger charge is -2.26. The van der Waals surface area contributed by atoms with Crippen LogP contribution in [0.4, 0.5) is 0 Å². The molecule has 0 spiro atoms. The first-order valence-corrected chi connectivity index (χ1v) is 9.14. The number of rotatable bonds is 7. The van der Waals surface area contributed by atoms with E-state index in [4.69, 9.17) is 9.15 Å². The molecular weight excluding hydrogens is 362 g/mol. The number of sulfonamides is 1. The third kappa shape index (κ3) is 4.76. The monoisotopic (exact) mass is 381 g/mol. The van der Waals surface area contributed by atoms with Crippen molar-refractivity contribution < 1.29 is 17.6 Å². The van der Waals surface area contributed by atoms with Crippen LogP contribution in [0.5, 0.6) is 0 Å². The highest BCUT2D eigenvalue weighted by molar-refractivity contribution is 9.10. The Kier molecular flexibility index (Phi) is 6.20. The maximum atomic E-state index is 12.4. The van der Waals surface area contributed by atoms with Crippen molar-refractivity contribution in [2.24, 2.45) is 0 Å². The summed E-state index contributed by atoms with van der Waals surface area (Å²) in [5.74, 6) is 0.581. The van der Waals surface area contributed by atoms with Crippen molar-refractivity contribution in [2.45, 2.75) is 24.8 Å². The average Bonchev–Trinajstić information content (AvgIpc) is 2.82. The molecule has 2 N–H and O–H groups in total. The molecule has 0 atom stereocenters. The van der Waals surface area contributed by atoms with Crippen molar-refractivity contribution in [1.82, 2.24) is 15.2 Å². The van der Waals surface area contributed by atoms with Gasteiger partial charge < -0.3 is 14.5 Å². The topological polar surface area (TPSA) is 83.8 Å². The fourth-order valence-electron chi connectivity index (χ4n) is 1.93. The van der Waals surface area contributed by atoms with Crippen molar-refractivity contribution in [3.63, 3.8) is 0 Å². The number of nitrogens with one attached hydrogen (secondary N) is 2. The molecule has 0 saturated carbocycles. The van der Waals surface area contributed by atoms with E-state index in [1.807, 2.05) is 0 Å². The van der Waals surface area contributed by atoms with Gasteiger partial charge in [-0.2, -0.15) is 0 Å². The Bertz CT molecular complexity index is 555. The van der Waals surface area contributed by atoms with Crippen LogP contribution in [0.1, 0.15) is 19.1 Å². The maximum absolute atomic E-state index is 12.4. The van der Waals surface area contributed by atoms with Crippen LogP contribution < -0.4 is 10.1 Å². The minimum absolute atomic E-state index is 0.113. The molecule has 0 amide bonds. The molecule has 0 radical (unpaired) electrons. The third-order valence-corrected chi connectivity index (χ3v) is 5.21. The Balaban J connectivity index is 2.04. The lowest BCUT2D eigenvalue weighted by molar-refractivity contribution is 0.0272. The van der Waals surface area contributed by atoms with Gasteiger partial charge in [0.1, 0.15) is 10.7 Å². The molecule has 1 saturated heterocycles. The van der Waals surface area contributed by atoms with E-state index in [-0.39, 0.29) is 9.56 Å². The molecule has 0 aromatic carbocycles. The molecule has 0 unspecified atom stereocenters. The number of furan rings is 1. The lowest BCUT2D eigenvalue weighted by atomic mass is 10.4. The minimum atomic E-state index is -3.65. The molecule has 1 aliphatic rings. The van der Waals surface area contributed by atoms with Gasteiger partial charge in [0.15, 0.2) is 4.67 Å². The van der Waals surface area contributed by atoms with E-state index >= 15 is 0 Å².